The Morgan fingerprint density at radius 3 is 2.75 bits per heavy atom. The maximum absolute atomic E-state index is 5.10. The number of ether oxygens (including phenoxy) is 1. The van der Waals surface area contributed by atoms with Crippen molar-refractivity contribution in [2.45, 2.75) is 32.7 Å². The summed E-state index contributed by atoms with van der Waals surface area (Å²) in [6.07, 6.45) is 7.38. The van der Waals surface area contributed by atoms with Crippen molar-refractivity contribution in [2.24, 2.45) is 0 Å². The Morgan fingerprint density at radius 1 is 1.25 bits per heavy atom. The van der Waals surface area contributed by atoms with E-state index in [9.17, 15) is 0 Å². The molecule has 0 atom stereocenters. The first-order valence-corrected chi connectivity index (χ1v) is 7.19. The lowest BCUT2D eigenvalue weighted by Gasteiger charge is -2.10. The van der Waals surface area contributed by atoms with E-state index in [4.69, 9.17) is 4.74 Å². The highest BCUT2D eigenvalue weighted by atomic mass is 16.5. The minimum atomic E-state index is 0.682. The second-order valence-electron chi connectivity index (χ2n) is 4.86. The molecule has 0 radical (unpaired) electrons. The van der Waals surface area contributed by atoms with Crippen LogP contribution in [0.25, 0.3) is 0 Å². The lowest BCUT2D eigenvalue weighted by Crippen LogP contribution is -2.07. The maximum atomic E-state index is 5.10. The number of imidazole rings is 1. The number of benzene rings is 1. The molecule has 0 aliphatic carbocycles. The second kappa shape index (κ2) is 7.70. The SMILES string of the molecule is CCCCc1ccc(Nc2nccn2CCOC)cc1. The fourth-order valence-corrected chi connectivity index (χ4v) is 2.07. The summed E-state index contributed by atoms with van der Waals surface area (Å²) >= 11 is 0. The normalized spacial score (nSPS) is 10.7. The second-order valence-corrected chi connectivity index (χ2v) is 4.86. The molecule has 4 heteroatoms. The van der Waals surface area contributed by atoms with Crippen molar-refractivity contribution in [2.75, 3.05) is 19.0 Å². The molecule has 0 spiro atoms. The van der Waals surface area contributed by atoms with Crippen molar-refractivity contribution in [3.63, 3.8) is 0 Å². The molecule has 1 N–H and O–H groups in total. The van der Waals surface area contributed by atoms with Crippen LogP contribution < -0.4 is 5.32 Å². The number of aryl methyl sites for hydroxylation is 1. The van der Waals surface area contributed by atoms with Gasteiger partial charge in [0.1, 0.15) is 0 Å². The van der Waals surface area contributed by atoms with Gasteiger partial charge in [0.05, 0.1) is 6.61 Å². The molecule has 0 saturated carbocycles. The predicted octanol–water partition coefficient (Wildman–Crippen LogP) is 3.62. The molecule has 1 aromatic heterocycles. The summed E-state index contributed by atoms with van der Waals surface area (Å²) in [6.45, 7) is 3.70. The summed E-state index contributed by atoms with van der Waals surface area (Å²) in [4.78, 5) is 4.33. The first kappa shape index (κ1) is 14.6. The third-order valence-electron chi connectivity index (χ3n) is 3.28. The Bertz CT molecular complexity index is 505. The summed E-state index contributed by atoms with van der Waals surface area (Å²) in [5.41, 5.74) is 2.45. The predicted molar refractivity (Wildman–Crippen MR) is 82.4 cm³/mol. The minimum Gasteiger partial charge on any atom is -0.383 e. The molecule has 1 heterocycles. The molecule has 0 amide bonds. The van der Waals surface area contributed by atoms with Gasteiger partial charge >= 0.3 is 0 Å². The first-order chi connectivity index (χ1) is 9.83. The molecule has 4 nitrogen and oxygen atoms in total. The van der Waals surface area contributed by atoms with Crippen LogP contribution in [0.2, 0.25) is 0 Å². The summed E-state index contributed by atoms with van der Waals surface area (Å²) in [5.74, 6) is 0.850. The topological polar surface area (TPSA) is 39.1 Å². The van der Waals surface area contributed by atoms with Gasteiger partial charge in [-0.3, -0.25) is 0 Å². The molecule has 0 aliphatic heterocycles. The quantitative estimate of drug-likeness (QED) is 0.798. The molecular formula is C16H23N3O. The number of hydrogen-bond acceptors (Lipinski definition) is 3. The van der Waals surface area contributed by atoms with Gasteiger partial charge < -0.3 is 14.6 Å². The summed E-state index contributed by atoms with van der Waals surface area (Å²) in [7, 11) is 1.71. The number of anilines is 2. The highest BCUT2D eigenvalue weighted by Gasteiger charge is 2.03. The number of hydrogen-bond donors (Lipinski definition) is 1. The average Bonchev–Trinajstić information content (AvgIpc) is 2.91. The maximum Gasteiger partial charge on any atom is 0.207 e. The fraction of sp³-hybridized carbons (Fsp3) is 0.438. The van der Waals surface area contributed by atoms with Crippen molar-refractivity contribution in [1.82, 2.24) is 9.55 Å². The van der Waals surface area contributed by atoms with Crippen molar-refractivity contribution >= 4 is 11.6 Å². The lowest BCUT2D eigenvalue weighted by atomic mass is 10.1. The van der Waals surface area contributed by atoms with Crippen molar-refractivity contribution in [1.29, 1.82) is 0 Å². The third-order valence-corrected chi connectivity index (χ3v) is 3.28. The highest BCUT2D eigenvalue weighted by Crippen LogP contribution is 2.16. The van der Waals surface area contributed by atoms with Crippen LogP contribution in [-0.4, -0.2) is 23.3 Å². The van der Waals surface area contributed by atoms with E-state index >= 15 is 0 Å². The standard InChI is InChI=1S/C16H23N3O/c1-3-4-5-14-6-8-15(9-7-14)18-16-17-10-11-19(16)12-13-20-2/h6-11H,3-5,12-13H2,1-2H3,(H,17,18). The van der Waals surface area contributed by atoms with Crippen molar-refractivity contribution < 1.29 is 4.74 Å². The molecule has 2 rings (SSSR count). The zero-order valence-corrected chi connectivity index (χ0v) is 12.3. The fourth-order valence-electron chi connectivity index (χ4n) is 2.07. The van der Waals surface area contributed by atoms with Gasteiger partial charge in [-0.25, -0.2) is 4.98 Å². The van der Waals surface area contributed by atoms with Crippen LogP contribution in [0.3, 0.4) is 0 Å². The van der Waals surface area contributed by atoms with Crippen molar-refractivity contribution in [3.05, 3.63) is 42.2 Å². The highest BCUT2D eigenvalue weighted by molar-refractivity contribution is 5.54. The molecular weight excluding hydrogens is 250 g/mol. The molecule has 0 saturated heterocycles. The van der Waals surface area contributed by atoms with Crippen LogP contribution in [0.5, 0.6) is 0 Å². The zero-order valence-electron chi connectivity index (χ0n) is 12.3. The summed E-state index contributed by atoms with van der Waals surface area (Å²) < 4.78 is 7.15. The molecule has 0 aliphatic rings. The molecule has 0 unspecified atom stereocenters. The van der Waals surface area contributed by atoms with Gasteiger partial charge in [0.15, 0.2) is 0 Å². The van der Waals surface area contributed by atoms with Gasteiger partial charge in [-0.15, -0.1) is 0 Å². The largest absolute Gasteiger partial charge is 0.383 e. The monoisotopic (exact) mass is 273 g/mol. The molecule has 108 valence electrons. The Balaban J connectivity index is 1.97. The summed E-state index contributed by atoms with van der Waals surface area (Å²) in [5, 5.41) is 3.34. The van der Waals surface area contributed by atoms with Crippen LogP contribution in [0, 0.1) is 0 Å². The lowest BCUT2D eigenvalue weighted by molar-refractivity contribution is 0.188. The van der Waals surface area contributed by atoms with E-state index in [-0.39, 0.29) is 0 Å². The summed E-state index contributed by atoms with van der Waals surface area (Å²) in [6, 6.07) is 8.58. The molecule has 2 aromatic rings. The average molecular weight is 273 g/mol. The number of unbranched alkanes of at least 4 members (excludes halogenated alkanes) is 1. The number of methoxy groups -OCH3 is 1. The zero-order chi connectivity index (χ0) is 14.2. The molecule has 20 heavy (non-hydrogen) atoms. The van der Waals surface area contributed by atoms with E-state index in [2.05, 4.69) is 46.1 Å². The van der Waals surface area contributed by atoms with E-state index in [1.807, 2.05) is 6.20 Å². The van der Waals surface area contributed by atoms with E-state index in [0.29, 0.717) is 6.61 Å². The minimum absolute atomic E-state index is 0.682. The smallest absolute Gasteiger partial charge is 0.207 e. The van der Waals surface area contributed by atoms with Crippen LogP contribution >= 0.6 is 0 Å². The molecule has 0 fully saturated rings. The van der Waals surface area contributed by atoms with Gasteiger partial charge in [-0.2, -0.15) is 0 Å². The Labute approximate surface area is 120 Å². The number of nitrogens with one attached hydrogen (secondary N) is 1. The van der Waals surface area contributed by atoms with Crippen LogP contribution in [0.1, 0.15) is 25.3 Å². The van der Waals surface area contributed by atoms with E-state index in [1.54, 1.807) is 13.3 Å². The van der Waals surface area contributed by atoms with Gasteiger partial charge in [0.2, 0.25) is 5.95 Å². The van der Waals surface area contributed by atoms with E-state index < -0.39 is 0 Å². The molecule has 0 bridgehead atoms. The number of aromatic nitrogens is 2. The number of nitrogens with zero attached hydrogens (tertiary/aromatic N) is 2. The Hall–Kier alpha value is -1.81. The van der Waals surface area contributed by atoms with Gasteiger partial charge in [-0.1, -0.05) is 25.5 Å². The first-order valence-electron chi connectivity index (χ1n) is 7.19. The van der Waals surface area contributed by atoms with Crippen molar-refractivity contribution in [3.8, 4) is 0 Å². The van der Waals surface area contributed by atoms with Gasteiger partial charge in [-0.05, 0) is 30.5 Å². The van der Waals surface area contributed by atoms with Gasteiger partial charge in [0, 0.05) is 31.7 Å². The van der Waals surface area contributed by atoms with Crippen LogP contribution in [-0.2, 0) is 17.7 Å². The Kier molecular flexibility index (Phi) is 5.62. The third kappa shape index (κ3) is 4.10. The van der Waals surface area contributed by atoms with Crippen LogP contribution in [0.15, 0.2) is 36.7 Å². The van der Waals surface area contributed by atoms with E-state index in [0.717, 1.165) is 24.6 Å². The number of rotatable bonds is 8. The molecule has 1 aromatic carbocycles. The van der Waals surface area contributed by atoms with Crippen LogP contribution in [0.4, 0.5) is 11.6 Å². The van der Waals surface area contributed by atoms with Gasteiger partial charge in [0.25, 0.3) is 0 Å². The Morgan fingerprint density at radius 2 is 2.05 bits per heavy atom. The van der Waals surface area contributed by atoms with E-state index in [1.165, 1.54) is 18.4 Å².